The molecule has 0 atom stereocenters. The molecule has 0 unspecified atom stereocenters. The van der Waals surface area contributed by atoms with Gasteiger partial charge in [0.25, 0.3) is 0 Å². The molecule has 0 fully saturated rings. The molecule has 19 heavy (non-hydrogen) atoms. The summed E-state index contributed by atoms with van der Waals surface area (Å²) in [6, 6.07) is 8.60. The second kappa shape index (κ2) is 6.60. The van der Waals surface area contributed by atoms with Crippen LogP contribution in [-0.4, -0.2) is 55.2 Å². The van der Waals surface area contributed by atoms with Crippen LogP contribution in [0.25, 0.3) is 0 Å². The standard InChI is InChI=1S/C16H28N2S/c1-14(2)15-10-8-9-11-16(15)19(6,7)18(5)13-12-17(3)4/h8-11,14H,6-7,12-13H2,1-5H3. The highest BCUT2D eigenvalue weighted by Gasteiger charge is 2.14. The van der Waals surface area contributed by atoms with Gasteiger partial charge in [0.15, 0.2) is 0 Å². The molecule has 0 aromatic heterocycles. The quantitative estimate of drug-likeness (QED) is 0.738. The fraction of sp³-hybridized carbons (Fsp3) is 0.500. The van der Waals surface area contributed by atoms with Crippen LogP contribution in [0.4, 0.5) is 0 Å². The van der Waals surface area contributed by atoms with Crippen LogP contribution in [0.15, 0.2) is 29.2 Å². The zero-order valence-electron chi connectivity index (χ0n) is 13.0. The molecule has 3 heteroatoms. The van der Waals surface area contributed by atoms with Crippen LogP contribution in [0.1, 0.15) is 25.3 Å². The molecule has 0 aliphatic rings. The van der Waals surface area contributed by atoms with Crippen molar-refractivity contribution in [3.05, 3.63) is 29.8 Å². The van der Waals surface area contributed by atoms with Crippen molar-refractivity contribution in [2.45, 2.75) is 24.7 Å². The molecule has 0 aliphatic heterocycles. The molecular weight excluding hydrogens is 252 g/mol. The highest BCUT2D eigenvalue weighted by Crippen LogP contribution is 2.39. The minimum absolute atomic E-state index is 0.508. The average molecular weight is 280 g/mol. The summed E-state index contributed by atoms with van der Waals surface area (Å²) in [4.78, 5) is 3.51. The van der Waals surface area contributed by atoms with E-state index in [-0.39, 0.29) is 0 Å². The highest BCUT2D eigenvalue weighted by molar-refractivity contribution is 8.25. The van der Waals surface area contributed by atoms with Crippen molar-refractivity contribution in [3.63, 3.8) is 0 Å². The molecule has 2 nitrogen and oxygen atoms in total. The minimum atomic E-state index is -1.40. The fourth-order valence-electron chi connectivity index (χ4n) is 1.99. The van der Waals surface area contributed by atoms with E-state index in [1.807, 2.05) is 0 Å². The first kappa shape index (κ1) is 16.3. The number of likely N-dealkylation sites (N-methyl/N-ethyl adjacent to an activating group) is 2. The minimum Gasteiger partial charge on any atom is -0.308 e. The van der Waals surface area contributed by atoms with Gasteiger partial charge in [0, 0.05) is 18.0 Å². The maximum atomic E-state index is 4.44. The van der Waals surface area contributed by atoms with Gasteiger partial charge in [0.2, 0.25) is 0 Å². The lowest BCUT2D eigenvalue weighted by Gasteiger charge is -2.30. The van der Waals surface area contributed by atoms with Crippen molar-refractivity contribution in [2.24, 2.45) is 0 Å². The summed E-state index contributed by atoms with van der Waals surface area (Å²) < 4.78 is 2.31. The Balaban J connectivity index is 3.06. The molecule has 108 valence electrons. The van der Waals surface area contributed by atoms with Crippen molar-refractivity contribution < 1.29 is 0 Å². The molecule has 0 aliphatic carbocycles. The lowest BCUT2D eigenvalue weighted by molar-refractivity contribution is 0.372. The highest BCUT2D eigenvalue weighted by atomic mass is 32.2. The molecule has 0 amide bonds. The number of rotatable bonds is 6. The molecular formula is C16H28N2S. The Kier molecular flexibility index (Phi) is 5.65. The van der Waals surface area contributed by atoms with E-state index in [2.05, 4.69) is 80.2 Å². The van der Waals surface area contributed by atoms with Crippen LogP contribution in [0.2, 0.25) is 0 Å². The summed E-state index contributed by atoms with van der Waals surface area (Å²) in [7, 11) is 4.92. The maximum Gasteiger partial charge on any atom is 0.0208 e. The second-order valence-corrected chi connectivity index (χ2v) is 8.44. The number of hydrogen-bond acceptors (Lipinski definition) is 2. The van der Waals surface area contributed by atoms with Gasteiger partial charge in [-0.3, -0.25) is 4.31 Å². The van der Waals surface area contributed by atoms with Gasteiger partial charge in [0.1, 0.15) is 0 Å². The van der Waals surface area contributed by atoms with E-state index in [0.29, 0.717) is 5.92 Å². The van der Waals surface area contributed by atoms with Crippen molar-refractivity contribution in [1.82, 2.24) is 9.21 Å². The summed E-state index contributed by atoms with van der Waals surface area (Å²) >= 11 is 0. The summed E-state index contributed by atoms with van der Waals surface area (Å²) in [5, 5.41) is 0. The monoisotopic (exact) mass is 280 g/mol. The van der Waals surface area contributed by atoms with Gasteiger partial charge in [-0.25, -0.2) is 0 Å². The van der Waals surface area contributed by atoms with Crippen LogP contribution in [0, 0.1) is 0 Å². The number of nitrogens with zero attached hydrogens (tertiary/aromatic N) is 2. The molecule has 0 radical (unpaired) electrons. The van der Waals surface area contributed by atoms with Crippen LogP contribution in [-0.2, 0) is 0 Å². The third kappa shape index (κ3) is 4.10. The van der Waals surface area contributed by atoms with E-state index in [1.54, 1.807) is 0 Å². The van der Waals surface area contributed by atoms with E-state index in [0.717, 1.165) is 13.1 Å². The molecule has 0 heterocycles. The SMILES string of the molecule is C=S(=C)(c1ccccc1C(C)C)N(C)CCN(C)C. The van der Waals surface area contributed by atoms with Crippen LogP contribution in [0.3, 0.4) is 0 Å². The Morgan fingerprint density at radius 2 is 1.63 bits per heavy atom. The predicted octanol–water partition coefficient (Wildman–Crippen LogP) is 3.25. The topological polar surface area (TPSA) is 6.48 Å². The molecule has 1 aromatic carbocycles. The van der Waals surface area contributed by atoms with E-state index >= 15 is 0 Å². The van der Waals surface area contributed by atoms with Gasteiger partial charge in [-0.15, -0.1) is 9.39 Å². The summed E-state index contributed by atoms with van der Waals surface area (Å²) in [5.41, 5.74) is 1.37. The van der Waals surface area contributed by atoms with Gasteiger partial charge >= 0.3 is 0 Å². The lowest BCUT2D eigenvalue weighted by atomic mass is 10.0. The van der Waals surface area contributed by atoms with Gasteiger partial charge in [-0.05, 0) is 38.7 Å². The van der Waals surface area contributed by atoms with Gasteiger partial charge in [-0.2, -0.15) is 0 Å². The second-order valence-electron chi connectivity index (χ2n) is 5.69. The molecule has 0 N–H and O–H groups in total. The normalized spacial score (nSPS) is 12.6. The van der Waals surface area contributed by atoms with E-state index in [4.69, 9.17) is 0 Å². The third-order valence-electron chi connectivity index (χ3n) is 3.41. The fourth-order valence-corrected chi connectivity index (χ4v) is 3.83. The van der Waals surface area contributed by atoms with Gasteiger partial charge in [-0.1, -0.05) is 43.8 Å². The Hall–Kier alpha value is -0.770. The van der Waals surface area contributed by atoms with Crippen LogP contribution < -0.4 is 0 Å². The number of hydrogen-bond donors (Lipinski definition) is 0. The summed E-state index contributed by atoms with van der Waals surface area (Å²) in [5.74, 6) is 9.39. The van der Waals surface area contributed by atoms with Crippen molar-refractivity contribution in [3.8, 4) is 0 Å². The molecule has 1 rings (SSSR count). The van der Waals surface area contributed by atoms with Gasteiger partial charge in [0.05, 0.1) is 0 Å². The molecule has 0 bridgehead atoms. The largest absolute Gasteiger partial charge is 0.308 e. The smallest absolute Gasteiger partial charge is 0.0208 e. The average Bonchev–Trinajstić information content (AvgIpc) is 2.35. The molecule has 0 saturated carbocycles. The summed E-state index contributed by atoms with van der Waals surface area (Å²) in [6.07, 6.45) is 0. The molecule has 0 spiro atoms. The predicted molar refractivity (Wildman–Crippen MR) is 91.8 cm³/mol. The van der Waals surface area contributed by atoms with Crippen molar-refractivity contribution >= 4 is 21.1 Å². The van der Waals surface area contributed by atoms with Crippen molar-refractivity contribution in [1.29, 1.82) is 0 Å². The first-order valence-electron chi connectivity index (χ1n) is 6.71. The maximum absolute atomic E-state index is 4.44. The molecule has 1 aromatic rings. The van der Waals surface area contributed by atoms with Crippen LogP contribution in [0.5, 0.6) is 0 Å². The Morgan fingerprint density at radius 1 is 1.05 bits per heavy atom. The van der Waals surface area contributed by atoms with E-state index < -0.39 is 9.39 Å². The van der Waals surface area contributed by atoms with E-state index in [1.165, 1.54) is 10.5 Å². The Morgan fingerprint density at radius 3 is 2.16 bits per heavy atom. The lowest BCUT2D eigenvalue weighted by Crippen LogP contribution is -2.26. The molecule has 0 saturated heterocycles. The van der Waals surface area contributed by atoms with Gasteiger partial charge < -0.3 is 4.90 Å². The zero-order chi connectivity index (χ0) is 14.6. The van der Waals surface area contributed by atoms with E-state index in [9.17, 15) is 0 Å². The third-order valence-corrected chi connectivity index (χ3v) is 5.98. The Bertz CT molecular complexity index is 501. The summed E-state index contributed by atoms with van der Waals surface area (Å²) in [6.45, 7) is 6.48. The van der Waals surface area contributed by atoms with Crippen molar-refractivity contribution in [2.75, 3.05) is 34.2 Å². The Labute approximate surface area is 119 Å². The number of benzene rings is 1. The first-order valence-corrected chi connectivity index (χ1v) is 8.64. The zero-order valence-corrected chi connectivity index (χ0v) is 13.8. The van der Waals surface area contributed by atoms with Crippen LogP contribution >= 0.6 is 9.39 Å². The first-order chi connectivity index (χ1) is 8.76.